The Balaban J connectivity index is -0.000000177. The van der Waals surface area contributed by atoms with Crippen LogP contribution in [0.1, 0.15) is 27.7 Å². The molecule has 0 aliphatic carbocycles. The fourth-order valence-electron chi connectivity index (χ4n) is 0.744. The Morgan fingerprint density at radius 3 is 1.50 bits per heavy atom. The van der Waals surface area contributed by atoms with Crippen LogP contribution < -0.4 is 5.32 Å². The molecular formula is C9H22N2PdS2. The molecule has 2 nitrogen and oxygen atoms in total. The van der Waals surface area contributed by atoms with Gasteiger partial charge in [-0.25, -0.2) is 0 Å². The first kappa shape index (κ1) is 20.3. The number of nitrogens with zero attached hydrogens (tertiary/aromatic N) is 1. The molecule has 0 atom stereocenters. The van der Waals surface area contributed by atoms with Gasteiger partial charge in [0.05, 0.1) is 0 Å². The van der Waals surface area contributed by atoms with Crippen LogP contribution in [-0.2, 0) is 20.4 Å². The van der Waals surface area contributed by atoms with Gasteiger partial charge in [0.15, 0.2) is 0 Å². The summed E-state index contributed by atoms with van der Waals surface area (Å²) in [5.74, 6) is 0. The molecule has 90 valence electrons. The van der Waals surface area contributed by atoms with E-state index in [1.807, 2.05) is 4.90 Å². The molecular weight excluding hydrogens is 307 g/mol. The largest absolute Gasteiger partial charge is 0.358 e. The van der Waals surface area contributed by atoms with Crippen LogP contribution >= 0.6 is 24.8 Å². The molecule has 0 unspecified atom stereocenters. The zero-order chi connectivity index (χ0) is 10.7. The van der Waals surface area contributed by atoms with Crippen molar-refractivity contribution in [2.75, 3.05) is 26.2 Å². The van der Waals surface area contributed by atoms with Crippen molar-refractivity contribution >= 4 is 29.2 Å². The summed E-state index contributed by atoms with van der Waals surface area (Å²) >= 11 is 8.82. The molecule has 14 heavy (non-hydrogen) atoms. The molecule has 0 aromatic carbocycles. The number of thiol groups is 1. The fraction of sp³-hybridized carbons (Fsp3) is 0.889. The normalized spacial score (nSPS) is 8.07. The smallest absolute Gasteiger partial charge is 0.133 e. The molecule has 1 N–H and O–H groups in total. The van der Waals surface area contributed by atoms with E-state index in [1.165, 1.54) is 0 Å². The van der Waals surface area contributed by atoms with Gasteiger partial charge in [-0.05, 0) is 26.9 Å². The first-order valence-electron chi connectivity index (χ1n) is 4.82. The predicted molar refractivity (Wildman–Crippen MR) is 68.7 cm³/mol. The van der Waals surface area contributed by atoms with Gasteiger partial charge in [-0.3, -0.25) is 0 Å². The molecule has 0 radical (unpaired) electrons. The van der Waals surface area contributed by atoms with E-state index in [4.69, 9.17) is 12.2 Å². The van der Waals surface area contributed by atoms with Crippen LogP contribution in [-0.4, -0.2) is 35.4 Å². The Morgan fingerprint density at radius 2 is 1.50 bits per heavy atom. The van der Waals surface area contributed by atoms with Crippen LogP contribution in [0, 0.1) is 0 Å². The third-order valence-corrected chi connectivity index (χ3v) is 2.08. The Hall–Kier alpha value is 0.862. The van der Waals surface area contributed by atoms with Gasteiger partial charge in [0, 0.05) is 33.5 Å². The molecule has 0 aromatic heterocycles. The fourth-order valence-corrected chi connectivity index (χ4v) is 1.29. The Bertz CT molecular complexity index is 117. The van der Waals surface area contributed by atoms with E-state index in [0.717, 1.165) is 26.2 Å². The second kappa shape index (κ2) is 16.3. The van der Waals surface area contributed by atoms with Crippen molar-refractivity contribution < 1.29 is 20.4 Å². The Kier molecular flexibility index (Phi) is 23.6. The molecule has 0 bridgehead atoms. The summed E-state index contributed by atoms with van der Waals surface area (Å²) in [4.78, 5) is 2.01. The standard InChI is InChI=1S/C5H11NS2.C4H11N.Pd/c1-3-6(4-2)5(7)8;1-3-5-4-2;/h3-4H2,1-2H3,(H,7,8);5H,3-4H2,1-2H3;. The molecule has 0 fully saturated rings. The van der Waals surface area contributed by atoms with Crippen LogP contribution in [0.15, 0.2) is 0 Å². The minimum atomic E-state index is 0. The second-order valence-corrected chi connectivity index (χ2v) is 3.52. The molecule has 0 aliphatic rings. The van der Waals surface area contributed by atoms with Crippen LogP contribution in [0.3, 0.4) is 0 Å². The maximum absolute atomic E-state index is 4.81. The van der Waals surface area contributed by atoms with E-state index < -0.39 is 0 Å². The summed E-state index contributed by atoms with van der Waals surface area (Å²) in [7, 11) is 0. The number of hydrogen-bond donors (Lipinski definition) is 2. The van der Waals surface area contributed by atoms with Gasteiger partial charge in [0.1, 0.15) is 4.32 Å². The molecule has 5 heteroatoms. The third-order valence-electron chi connectivity index (χ3n) is 1.53. The zero-order valence-corrected chi connectivity index (χ0v) is 12.7. The Morgan fingerprint density at radius 1 is 1.14 bits per heavy atom. The quantitative estimate of drug-likeness (QED) is 0.467. The molecule has 0 spiro atoms. The molecule has 0 amide bonds. The molecule has 0 saturated carbocycles. The van der Waals surface area contributed by atoms with Crippen molar-refractivity contribution in [3.05, 3.63) is 0 Å². The first-order chi connectivity index (χ1) is 6.13. The van der Waals surface area contributed by atoms with E-state index in [0.29, 0.717) is 4.32 Å². The van der Waals surface area contributed by atoms with E-state index in [2.05, 4.69) is 45.6 Å². The molecule has 0 aromatic rings. The van der Waals surface area contributed by atoms with E-state index in [9.17, 15) is 0 Å². The zero-order valence-electron chi connectivity index (χ0n) is 9.45. The van der Waals surface area contributed by atoms with Gasteiger partial charge in [-0.15, -0.1) is 12.6 Å². The summed E-state index contributed by atoms with van der Waals surface area (Å²) < 4.78 is 0.690. The maximum Gasteiger partial charge on any atom is 0.133 e. The molecule has 0 heterocycles. The van der Waals surface area contributed by atoms with Crippen molar-refractivity contribution in [2.45, 2.75) is 27.7 Å². The average molecular weight is 329 g/mol. The summed E-state index contributed by atoms with van der Waals surface area (Å²) in [6.07, 6.45) is 0. The van der Waals surface area contributed by atoms with Crippen LogP contribution in [0.4, 0.5) is 0 Å². The van der Waals surface area contributed by atoms with E-state index in [-0.39, 0.29) is 20.4 Å². The minimum Gasteiger partial charge on any atom is -0.358 e. The summed E-state index contributed by atoms with van der Waals surface area (Å²) in [5.41, 5.74) is 0. The predicted octanol–water partition coefficient (Wildman–Crippen LogP) is 2.16. The second-order valence-electron chi connectivity index (χ2n) is 2.41. The van der Waals surface area contributed by atoms with Gasteiger partial charge >= 0.3 is 0 Å². The van der Waals surface area contributed by atoms with Crippen LogP contribution in [0.5, 0.6) is 0 Å². The maximum atomic E-state index is 4.81. The summed E-state index contributed by atoms with van der Waals surface area (Å²) in [5, 5.41) is 3.11. The topological polar surface area (TPSA) is 15.3 Å². The van der Waals surface area contributed by atoms with E-state index >= 15 is 0 Å². The van der Waals surface area contributed by atoms with Gasteiger partial charge in [0.25, 0.3) is 0 Å². The van der Waals surface area contributed by atoms with Gasteiger partial charge in [0.2, 0.25) is 0 Å². The third kappa shape index (κ3) is 15.3. The van der Waals surface area contributed by atoms with Crippen molar-refractivity contribution in [3.63, 3.8) is 0 Å². The SMILES string of the molecule is CCN(CC)C(=S)S.CCNCC.[Pd]. The van der Waals surface area contributed by atoms with Crippen molar-refractivity contribution in [3.8, 4) is 0 Å². The first-order valence-corrected chi connectivity index (χ1v) is 5.67. The number of thiocarbonyl (C=S) groups is 1. The van der Waals surface area contributed by atoms with Gasteiger partial charge in [-0.2, -0.15) is 0 Å². The molecule has 0 saturated heterocycles. The van der Waals surface area contributed by atoms with Crippen molar-refractivity contribution in [1.82, 2.24) is 10.2 Å². The minimum absolute atomic E-state index is 0. The molecule has 0 aliphatic heterocycles. The van der Waals surface area contributed by atoms with E-state index in [1.54, 1.807) is 0 Å². The summed E-state index contributed by atoms with van der Waals surface area (Å²) in [6.45, 7) is 12.4. The van der Waals surface area contributed by atoms with Gasteiger partial charge < -0.3 is 10.2 Å². The van der Waals surface area contributed by atoms with Crippen LogP contribution in [0.2, 0.25) is 0 Å². The van der Waals surface area contributed by atoms with Crippen molar-refractivity contribution in [1.29, 1.82) is 0 Å². The number of nitrogens with one attached hydrogen (secondary N) is 1. The average Bonchev–Trinajstić information content (AvgIpc) is 2.08. The van der Waals surface area contributed by atoms with Crippen LogP contribution in [0.25, 0.3) is 0 Å². The van der Waals surface area contributed by atoms with Crippen molar-refractivity contribution in [2.24, 2.45) is 0 Å². The summed E-state index contributed by atoms with van der Waals surface area (Å²) in [6, 6.07) is 0. The number of hydrogen-bond acceptors (Lipinski definition) is 2. The monoisotopic (exact) mass is 328 g/mol. The Labute approximate surface area is 113 Å². The number of rotatable bonds is 4. The molecule has 0 rings (SSSR count). The van der Waals surface area contributed by atoms with Gasteiger partial charge in [-0.1, -0.05) is 26.1 Å².